The lowest BCUT2D eigenvalue weighted by molar-refractivity contribution is -0.121. The summed E-state index contributed by atoms with van der Waals surface area (Å²) in [5.74, 6) is 0.671. The number of anilines is 1. The van der Waals surface area contributed by atoms with Gasteiger partial charge in [0, 0.05) is 12.6 Å². The minimum atomic E-state index is -0.222. The van der Waals surface area contributed by atoms with Crippen molar-refractivity contribution < 1.29 is 9.53 Å². The predicted octanol–water partition coefficient (Wildman–Crippen LogP) is 2.42. The monoisotopic (exact) mass is 282 g/mol. The van der Waals surface area contributed by atoms with Gasteiger partial charge in [0.1, 0.15) is 5.75 Å². The first-order valence-corrected chi connectivity index (χ1v) is 6.99. The second-order valence-electron chi connectivity index (χ2n) is 5.28. The van der Waals surface area contributed by atoms with E-state index in [1.54, 1.807) is 4.90 Å². The van der Waals surface area contributed by atoms with E-state index >= 15 is 0 Å². The molecule has 3 rings (SSSR count). The number of nitrogens with zero attached hydrogens (tertiary/aromatic N) is 1. The normalized spacial score (nSPS) is 15.3. The van der Waals surface area contributed by atoms with Crippen molar-refractivity contribution in [2.45, 2.75) is 13.0 Å². The second-order valence-corrected chi connectivity index (χ2v) is 5.28. The minimum Gasteiger partial charge on any atom is -0.482 e. The lowest BCUT2D eigenvalue weighted by Gasteiger charge is -2.31. The second kappa shape index (κ2) is 5.58. The maximum absolute atomic E-state index is 12.1. The Labute approximate surface area is 124 Å². The molecule has 21 heavy (non-hydrogen) atoms. The standard InChI is InChI=1S/C17H18N2O2/c1-12-6-8-13(9-7-12)14(18)10-19-15-4-2-3-5-16(15)21-11-17(19)20/h2-9,14H,10-11,18H2,1H3. The molecule has 1 heterocycles. The predicted molar refractivity (Wildman–Crippen MR) is 82.4 cm³/mol. The van der Waals surface area contributed by atoms with Crippen LogP contribution in [0.5, 0.6) is 5.75 Å². The van der Waals surface area contributed by atoms with Gasteiger partial charge >= 0.3 is 0 Å². The number of benzene rings is 2. The highest BCUT2D eigenvalue weighted by molar-refractivity contribution is 5.97. The Bertz CT molecular complexity index is 652. The van der Waals surface area contributed by atoms with Gasteiger partial charge in [-0.05, 0) is 24.6 Å². The Morgan fingerprint density at radius 1 is 1.19 bits per heavy atom. The number of nitrogens with two attached hydrogens (primary N) is 1. The molecule has 1 unspecified atom stereocenters. The number of para-hydroxylation sites is 2. The lowest BCUT2D eigenvalue weighted by atomic mass is 10.0. The molecule has 1 atom stereocenters. The quantitative estimate of drug-likeness (QED) is 0.940. The Morgan fingerprint density at radius 2 is 1.90 bits per heavy atom. The molecule has 2 N–H and O–H groups in total. The Balaban J connectivity index is 1.83. The third-order valence-corrected chi connectivity index (χ3v) is 3.69. The van der Waals surface area contributed by atoms with E-state index in [2.05, 4.69) is 0 Å². The molecular formula is C17H18N2O2. The van der Waals surface area contributed by atoms with Crippen LogP contribution in [0.1, 0.15) is 17.2 Å². The van der Waals surface area contributed by atoms with Crippen molar-refractivity contribution in [2.24, 2.45) is 5.73 Å². The fourth-order valence-corrected chi connectivity index (χ4v) is 2.47. The Morgan fingerprint density at radius 3 is 2.67 bits per heavy atom. The van der Waals surface area contributed by atoms with E-state index in [9.17, 15) is 4.79 Å². The van der Waals surface area contributed by atoms with Gasteiger partial charge in [-0.1, -0.05) is 42.0 Å². The molecule has 1 aliphatic rings. The minimum absolute atomic E-state index is 0.0590. The summed E-state index contributed by atoms with van der Waals surface area (Å²) < 4.78 is 5.44. The lowest BCUT2D eigenvalue weighted by Crippen LogP contribution is -2.42. The molecule has 0 bridgehead atoms. The molecule has 4 nitrogen and oxygen atoms in total. The van der Waals surface area contributed by atoms with Gasteiger partial charge < -0.3 is 15.4 Å². The van der Waals surface area contributed by atoms with Gasteiger partial charge in [0.15, 0.2) is 6.61 Å². The number of ether oxygens (including phenoxy) is 1. The van der Waals surface area contributed by atoms with Crippen LogP contribution in [0.25, 0.3) is 0 Å². The zero-order valence-corrected chi connectivity index (χ0v) is 12.0. The fourth-order valence-electron chi connectivity index (χ4n) is 2.47. The van der Waals surface area contributed by atoms with Crippen LogP contribution in [-0.4, -0.2) is 19.1 Å². The van der Waals surface area contributed by atoms with E-state index in [0.717, 1.165) is 17.0 Å². The van der Waals surface area contributed by atoms with Crippen molar-refractivity contribution in [3.8, 4) is 5.75 Å². The molecule has 1 aliphatic heterocycles. The molecule has 0 aromatic heterocycles. The highest BCUT2D eigenvalue weighted by Gasteiger charge is 2.26. The first-order chi connectivity index (χ1) is 10.1. The summed E-state index contributed by atoms with van der Waals surface area (Å²) in [7, 11) is 0. The molecule has 0 spiro atoms. The summed E-state index contributed by atoms with van der Waals surface area (Å²) in [5.41, 5.74) is 9.27. The number of fused-ring (bicyclic) bond motifs is 1. The molecular weight excluding hydrogens is 264 g/mol. The molecule has 0 radical (unpaired) electrons. The maximum Gasteiger partial charge on any atom is 0.265 e. The summed E-state index contributed by atoms with van der Waals surface area (Å²) in [6, 6.07) is 15.4. The summed E-state index contributed by atoms with van der Waals surface area (Å²) in [4.78, 5) is 13.8. The van der Waals surface area contributed by atoms with Gasteiger partial charge in [-0.25, -0.2) is 0 Å². The zero-order valence-electron chi connectivity index (χ0n) is 12.0. The zero-order chi connectivity index (χ0) is 14.8. The van der Waals surface area contributed by atoms with Gasteiger partial charge in [-0.15, -0.1) is 0 Å². The topological polar surface area (TPSA) is 55.6 Å². The largest absolute Gasteiger partial charge is 0.482 e. The summed E-state index contributed by atoms with van der Waals surface area (Å²) >= 11 is 0. The van der Waals surface area contributed by atoms with E-state index in [4.69, 9.17) is 10.5 Å². The van der Waals surface area contributed by atoms with E-state index in [-0.39, 0.29) is 18.6 Å². The van der Waals surface area contributed by atoms with Gasteiger partial charge in [-0.3, -0.25) is 4.79 Å². The van der Waals surface area contributed by atoms with Crippen molar-refractivity contribution in [1.29, 1.82) is 0 Å². The number of carbonyl (C=O) groups excluding carboxylic acids is 1. The fraction of sp³-hybridized carbons (Fsp3) is 0.235. The van der Waals surface area contributed by atoms with Crippen molar-refractivity contribution in [3.63, 3.8) is 0 Å². The molecule has 108 valence electrons. The van der Waals surface area contributed by atoms with Crippen LogP contribution >= 0.6 is 0 Å². The van der Waals surface area contributed by atoms with E-state index in [0.29, 0.717) is 6.54 Å². The highest BCUT2D eigenvalue weighted by Crippen LogP contribution is 2.32. The van der Waals surface area contributed by atoms with Gasteiger partial charge in [0.2, 0.25) is 0 Å². The van der Waals surface area contributed by atoms with Crippen LogP contribution < -0.4 is 15.4 Å². The third kappa shape index (κ3) is 2.76. The summed E-state index contributed by atoms with van der Waals surface area (Å²) in [6.45, 7) is 2.55. The maximum atomic E-state index is 12.1. The smallest absolute Gasteiger partial charge is 0.265 e. The number of hydrogen-bond donors (Lipinski definition) is 1. The molecule has 0 fully saturated rings. The number of aryl methyl sites for hydroxylation is 1. The Kier molecular flexibility index (Phi) is 3.62. The van der Waals surface area contributed by atoms with Gasteiger partial charge in [-0.2, -0.15) is 0 Å². The summed E-state index contributed by atoms with van der Waals surface area (Å²) in [5, 5.41) is 0. The van der Waals surface area contributed by atoms with E-state index in [1.165, 1.54) is 5.56 Å². The molecule has 0 aliphatic carbocycles. The van der Waals surface area contributed by atoms with Crippen molar-refractivity contribution in [3.05, 3.63) is 59.7 Å². The third-order valence-electron chi connectivity index (χ3n) is 3.69. The average molecular weight is 282 g/mol. The van der Waals surface area contributed by atoms with Gasteiger partial charge in [0.05, 0.1) is 5.69 Å². The van der Waals surface area contributed by atoms with Crippen LogP contribution in [0.3, 0.4) is 0 Å². The number of amides is 1. The van der Waals surface area contributed by atoms with Crippen molar-refractivity contribution in [2.75, 3.05) is 18.1 Å². The number of hydrogen-bond acceptors (Lipinski definition) is 3. The van der Waals surface area contributed by atoms with E-state index < -0.39 is 0 Å². The summed E-state index contributed by atoms with van der Waals surface area (Å²) in [6.07, 6.45) is 0. The van der Waals surface area contributed by atoms with Crippen LogP contribution in [0, 0.1) is 6.92 Å². The van der Waals surface area contributed by atoms with Crippen molar-refractivity contribution >= 4 is 11.6 Å². The van der Waals surface area contributed by atoms with E-state index in [1.807, 2.05) is 55.5 Å². The first kappa shape index (κ1) is 13.6. The first-order valence-electron chi connectivity index (χ1n) is 6.99. The van der Waals surface area contributed by atoms with Crippen LogP contribution in [0.2, 0.25) is 0 Å². The number of rotatable bonds is 3. The highest BCUT2D eigenvalue weighted by atomic mass is 16.5. The number of carbonyl (C=O) groups is 1. The Hall–Kier alpha value is -2.33. The molecule has 1 amide bonds. The average Bonchev–Trinajstić information content (AvgIpc) is 2.51. The van der Waals surface area contributed by atoms with Gasteiger partial charge in [0.25, 0.3) is 5.91 Å². The molecule has 4 heteroatoms. The van der Waals surface area contributed by atoms with Crippen LogP contribution in [0.15, 0.2) is 48.5 Å². The molecule has 2 aromatic rings. The van der Waals surface area contributed by atoms with Crippen LogP contribution in [-0.2, 0) is 4.79 Å². The molecule has 0 saturated carbocycles. The molecule has 2 aromatic carbocycles. The molecule has 0 saturated heterocycles. The van der Waals surface area contributed by atoms with Crippen molar-refractivity contribution in [1.82, 2.24) is 0 Å². The SMILES string of the molecule is Cc1ccc(C(N)CN2C(=O)COc3ccccc32)cc1. The van der Waals surface area contributed by atoms with Crippen LogP contribution in [0.4, 0.5) is 5.69 Å².